The molecule has 0 radical (unpaired) electrons. The molecule has 238 valence electrons. The number of carbonyl (C=O) groups is 4. The van der Waals surface area contributed by atoms with Crippen molar-refractivity contribution in [3.8, 4) is 11.5 Å². The molecule has 2 aliphatic heterocycles. The van der Waals surface area contributed by atoms with Gasteiger partial charge in [-0.05, 0) is 46.5 Å². The molecule has 2 N–H and O–H groups in total. The normalized spacial score (nSPS) is 17.2. The van der Waals surface area contributed by atoms with Crippen molar-refractivity contribution in [1.29, 1.82) is 0 Å². The molecule has 0 fully saturated rings. The van der Waals surface area contributed by atoms with Gasteiger partial charge in [0, 0.05) is 27.7 Å². The van der Waals surface area contributed by atoms with Gasteiger partial charge in [0.05, 0.1) is 0 Å². The van der Waals surface area contributed by atoms with E-state index in [0.29, 0.717) is 35.0 Å². The smallest absolute Gasteiger partial charge is 0.241 e. The number of rotatable bonds is 8. The molecule has 0 aromatic heterocycles. The van der Waals surface area contributed by atoms with Crippen LogP contribution in [0.1, 0.15) is 60.7 Å². The van der Waals surface area contributed by atoms with Crippen LogP contribution in [-0.2, 0) is 32.4 Å². The molecule has 12 nitrogen and oxygen atoms in total. The van der Waals surface area contributed by atoms with Gasteiger partial charge in [-0.2, -0.15) is 0 Å². The van der Waals surface area contributed by atoms with E-state index < -0.39 is 10.7 Å². The second kappa shape index (κ2) is 14.5. The molecular formula is C32H32N6O6S2. The number of nitrogens with zero attached hydrogens (tertiary/aromatic N) is 4. The van der Waals surface area contributed by atoms with Gasteiger partial charge < -0.3 is 20.1 Å². The summed E-state index contributed by atoms with van der Waals surface area (Å²) in [6, 6.07) is 22.8. The Labute approximate surface area is 274 Å². The van der Waals surface area contributed by atoms with Crippen LogP contribution in [0.25, 0.3) is 0 Å². The Balaban J connectivity index is 1.16. The number of hydrogen-bond acceptors (Lipinski definition) is 10. The number of ether oxygens (including phenoxy) is 2. The second-order valence-electron chi connectivity index (χ2n) is 10.4. The van der Waals surface area contributed by atoms with Crippen molar-refractivity contribution in [3.63, 3.8) is 0 Å². The standard InChI is InChI=1S/C32H32N6O6S2/c1-19(39)33-31-35-37(21(3)41)29(45-31)25-7-5-9-27(15-25)43-17-23-11-13-24(14-12-23)18-44-28-10-6-8-26(16-28)30-38(22(4)42)36-32(46-30)34-20(2)40/h5-16,29-30H,17-18H2,1-4H3,(H,33,35,39)(H,34,36,40). The SMILES string of the molecule is CC(=O)NC1=NN(C(C)=O)C(c2cccc(OCc3ccc(COc4cccc(C5SC(NC(C)=O)=NN5C(C)=O)c4)cc3)c2)S1. The van der Waals surface area contributed by atoms with Crippen LogP contribution in [0.4, 0.5) is 0 Å². The number of benzene rings is 3. The highest BCUT2D eigenvalue weighted by Crippen LogP contribution is 2.41. The van der Waals surface area contributed by atoms with Crippen molar-refractivity contribution in [2.45, 2.75) is 51.7 Å². The first-order chi connectivity index (χ1) is 22.0. The van der Waals surface area contributed by atoms with Crippen LogP contribution in [0.2, 0.25) is 0 Å². The molecule has 5 rings (SSSR count). The van der Waals surface area contributed by atoms with Gasteiger partial charge in [0.1, 0.15) is 35.5 Å². The van der Waals surface area contributed by atoms with E-state index in [1.54, 1.807) is 0 Å². The predicted octanol–water partition coefficient (Wildman–Crippen LogP) is 4.85. The average Bonchev–Trinajstić information content (AvgIpc) is 3.64. The van der Waals surface area contributed by atoms with E-state index in [0.717, 1.165) is 22.3 Å². The van der Waals surface area contributed by atoms with E-state index in [4.69, 9.17) is 9.47 Å². The van der Waals surface area contributed by atoms with Gasteiger partial charge in [-0.1, -0.05) is 72.1 Å². The predicted molar refractivity (Wildman–Crippen MR) is 176 cm³/mol. The van der Waals surface area contributed by atoms with Gasteiger partial charge in [0.15, 0.2) is 10.3 Å². The van der Waals surface area contributed by atoms with Gasteiger partial charge >= 0.3 is 0 Å². The fourth-order valence-corrected chi connectivity index (χ4v) is 6.79. The van der Waals surface area contributed by atoms with Crippen molar-refractivity contribution >= 4 is 57.5 Å². The Bertz CT molecular complexity index is 1590. The lowest BCUT2D eigenvalue weighted by Crippen LogP contribution is -2.25. The molecule has 3 aromatic rings. The van der Waals surface area contributed by atoms with E-state index in [9.17, 15) is 19.2 Å². The molecule has 0 saturated carbocycles. The number of hydrazone groups is 2. The number of amidine groups is 2. The first kappa shape index (κ1) is 32.6. The first-order valence-corrected chi connectivity index (χ1v) is 16.0. The highest BCUT2D eigenvalue weighted by molar-refractivity contribution is 8.14. The summed E-state index contributed by atoms with van der Waals surface area (Å²) in [6.07, 6.45) is 0. The minimum absolute atomic E-state index is 0.236. The van der Waals surface area contributed by atoms with Crippen LogP contribution in [0.5, 0.6) is 11.5 Å². The van der Waals surface area contributed by atoms with Crippen LogP contribution in [-0.4, -0.2) is 44.0 Å². The fraction of sp³-hybridized carbons (Fsp3) is 0.250. The highest BCUT2D eigenvalue weighted by atomic mass is 32.2. The minimum atomic E-state index is -0.414. The average molecular weight is 661 g/mol. The highest BCUT2D eigenvalue weighted by Gasteiger charge is 2.33. The van der Waals surface area contributed by atoms with Crippen LogP contribution in [0.3, 0.4) is 0 Å². The third kappa shape index (κ3) is 8.25. The number of carbonyl (C=O) groups excluding carboxylic acids is 4. The topological polar surface area (TPSA) is 142 Å². The summed E-state index contributed by atoms with van der Waals surface area (Å²) < 4.78 is 12.1. The zero-order valence-corrected chi connectivity index (χ0v) is 27.2. The van der Waals surface area contributed by atoms with E-state index in [1.807, 2.05) is 72.8 Å². The lowest BCUT2D eigenvalue weighted by Gasteiger charge is -2.20. The quantitative estimate of drug-likeness (QED) is 0.350. The number of thioether (sulfide) groups is 2. The third-order valence-electron chi connectivity index (χ3n) is 6.62. The molecule has 14 heteroatoms. The van der Waals surface area contributed by atoms with E-state index >= 15 is 0 Å². The Morgan fingerprint density at radius 2 is 1.04 bits per heavy atom. The molecule has 0 spiro atoms. The summed E-state index contributed by atoms with van der Waals surface area (Å²) in [5.41, 5.74) is 3.57. The number of hydrogen-bond donors (Lipinski definition) is 2. The zero-order chi connectivity index (χ0) is 32.8. The fourth-order valence-electron chi connectivity index (χ4n) is 4.54. The van der Waals surface area contributed by atoms with Gasteiger partial charge in [0.25, 0.3) is 0 Å². The van der Waals surface area contributed by atoms with Crippen molar-refractivity contribution in [2.24, 2.45) is 10.2 Å². The summed E-state index contributed by atoms with van der Waals surface area (Å²) in [6.45, 7) is 6.32. The third-order valence-corrected chi connectivity index (χ3v) is 8.82. The molecular weight excluding hydrogens is 629 g/mol. The summed E-state index contributed by atoms with van der Waals surface area (Å²) >= 11 is 2.57. The summed E-state index contributed by atoms with van der Waals surface area (Å²) in [4.78, 5) is 47.3. The molecule has 2 unspecified atom stereocenters. The summed E-state index contributed by atoms with van der Waals surface area (Å²) in [7, 11) is 0. The lowest BCUT2D eigenvalue weighted by atomic mass is 10.1. The minimum Gasteiger partial charge on any atom is -0.489 e. The molecule has 2 aliphatic rings. The zero-order valence-electron chi connectivity index (χ0n) is 25.6. The van der Waals surface area contributed by atoms with Crippen molar-refractivity contribution < 1.29 is 28.7 Å². The lowest BCUT2D eigenvalue weighted by molar-refractivity contribution is -0.130. The van der Waals surface area contributed by atoms with E-state index in [-0.39, 0.29) is 23.6 Å². The molecule has 0 saturated heterocycles. The van der Waals surface area contributed by atoms with Crippen molar-refractivity contribution in [2.75, 3.05) is 0 Å². The Morgan fingerprint density at radius 3 is 1.39 bits per heavy atom. The molecule has 0 aliphatic carbocycles. The maximum absolute atomic E-state index is 12.2. The maximum Gasteiger partial charge on any atom is 0.241 e. The Morgan fingerprint density at radius 1 is 0.652 bits per heavy atom. The number of amides is 4. The summed E-state index contributed by atoms with van der Waals surface area (Å²) in [5.74, 6) is 0.297. The van der Waals surface area contributed by atoms with Crippen LogP contribution in [0.15, 0.2) is 83.0 Å². The van der Waals surface area contributed by atoms with Gasteiger partial charge in [-0.25, -0.2) is 10.0 Å². The Hall–Kier alpha value is -4.82. The second-order valence-corrected chi connectivity index (χ2v) is 12.5. The maximum atomic E-state index is 12.2. The van der Waals surface area contributed by atoms with Gasteiger partial charge in [-0.3, -0.25) is 19.2 Å². The monoisotopic (exact) mass is 660 g/mol. The van der Waals surface area contributed by atoms with Gasteiger partial charge in [-0.15, -0.1) is 10.2 Å². The van der Waals surface area contributed by atoms with Crippen LogP contribution in [0, 0.1) is 0 Å². The van der Waals surface area contributed by atoms with Gasteiger partial charge in [0.2, 0.25) is 23.6 Å². The molecule has 3 aromatic carbocycles. The summed E-state index contributed by atoms with van der Waals surface area (Å²) in [5, 5.41) is 16.4. The molecule has 2 heterocycles. The van der Waals surface area contributed by atoms with Crippen LogP contribution >= 0.6 is 23.5 Å². The van der Waals surface area contributed by atoms with Crippen molar-refractivity contribution in [1.82, 2.24) is 20.7 Å². The van der Waals surface area contributed by atoms with Crippen molar-refractivity contribution in [3.05, 3.63) is 95.1 Å². The largest absolute Gasteiger partial charge is 0.489 e. The first-order valence-electron chi connectivity index (χ1n) is 14.2. The molecule has 2 atom stereocenters. The number of nitrogens with one attached hydrogen (secondary N) is 2. The molecule has 46 heavy (non-hydrogen) atoms. The molecule has 4 amide bonds. The van der Waals surface area contributed by atoms with Crippen LogP contribution < -0.4 is 20.1 Å². The van der Waals surface area contributed by atoms with E-state index in [2.05, 4.69) is 20.8 Å². The van der Waals surface area contributed by atoms with E-state index in [1.165, 1.54) is 61.2 Å². The Kier molecular flexibility index (Phi) is 10.3. The molecule has 0 bridgehead atoms.